The molecule has 44 heavy (non-hydrogen) atoms. The number of carbonyl (C=O) groups is 3. The Balaban J connectivity index is 1.46. The number of halogens is 2. The monoisotopic (exact) mass is 645 g/mol. The van der Waals surface area contributed by atoms with Crippen LogP contribution in [0.15, 0.2) is 60.7 Å². The first-order valence-electron chi connectivity index (χ1n) is 15.1. The second kappa shape index (κ2) is 19.3. The third kappa shape index (κ3) is 12.1. The Morgan fingerprint density at radius 3 is 2.16 bits per heavy atom. The van der Waals surface area contributed by atoms with Gasteiger partial charge in [-0.25, -0.2) is 9.59 Å². The van der Waals surface area contributed by atoms with Crippen LogP contribution in [0.1, 0.15) is 56.6 Å². The maximum Gasteiger partial charge on any atom is 0.336 e. The standard InChI is InChI=1S/C34H41Cl2NO7/c1-2-42-30(38)23-44-32(34(40)41)31(43-20-10-4-6-12-25-16-18-28(35)29(36)22-25)33(39)37-19-9-3-5-11-24-15-17-26-13-7-8-14-27(26)21-24/h7-8,13-18,21-22,31-32H,2-6,9-12,19-20,23H2,1H3,(H,37,39)(H,40,41)/t31-,32-/m1/s1. The third-order valence-electron chi connectivity index (χ3n) is 7.11. The van der Waals surface area contributed by atoms with E-state index < -0.39 is 36.7 Å². The van der Waals surface area contributed by atoms with Crippen molar-refractivity contribution in [2.45, 2.75) is 70.5 Å². The maximum absolute atomic E-state index is 13.1. The van der Waals surface area contributed by atoms with Crippen LogP contribution >= 0.6 is 23.2 Å². The molecule has 0 bridgehead atoms. The van der Waals surface area contributed by atoms with Crippen molar-refractivity contribution >= 4 is 51.8 Å². The van der Waals surface area contributed by atoms with Crippen molar-refractivity contribution in [1.29, 1.82) is 0 Å². The van der Waals surface area contributed by atoms with Gasteiger partial charge in [0.15, 0.2) is 12.2 Å². The zero-order chi connectivity index (χ0) is 31.7. The van der Waals surface area contributed by atoms with Crippen LogP contribution in [0.3, 0.4) is 0 Å². The van der Waals surface area contributed by atoms with Crippen LogP contribution in [0.4, 0.5) is 0 Å². The summed E-state index contributed by atoms with van der Waals surface area (Å²) in [4.78, 5) is 36.9. The van der Waals surface area contributed by atoms with E-state index in [2.05, 4.69) is 35.6 Å². The molecule has 0 fully saturated rings. The zero-order valence-electron chi connectivity index (χ0n) is 25.1. The van der Waals surface area contributed by atoms with Crippen molar-refractivity contribution in [2.75, 3.05) is 26.4 Å². The molecule has 238 valence electrons. The van der Waals surface area contributed by atoms with Crippen molar-refractivity contribution in [2.24, 2.45) is 0 Å². The molecule has 0 aromatic heterocycles. The number of fused-ring (bicyclic) bond motifs is 1. The van der Waals surface area contributed by atoms with Crippen LogP contribution < -0.4 is 5.32 Å². The van der Waals surface area contributed by atoms with E-state index >= 15 is 0 Å². The van der Waals surface area contributed by atoms with Gasteiger partial charge in [-0.05, 0) is 79.5 Å². The number of nitrogens with one attached hydrogen (secondary N) is 1. The predicted molar refractivity (Wildman–Crippen MR) is 172 cm³/mol. The Labute approximate surface area is 269 Å². The van der Waals surface area contributed by atoms with Crippen LogP contribution in [-0.4, -0.2) is 61.5 Å². The summed E-state index contributed by atoms with van der Waals surface area (Å²) in [6, 6.07) is 20.2. The number of ether oxygens (including phenoxy) is 3. The van der Waals surface area contributed by atoms with Gasteiger partial charge >= 0.3 is 11.9 Å². The number of benzene rings is 3. The lowest BCUT2D eigenvalue weighted by molar-refractivity contribution is -0.174. The minimum absolute atomic E-state index is 0.128. The minimum atomic E-state index is -1.66. The first-order valence-corrected chi connectivity index (χ1v) is 15.8. The number of rotatable bonds is 20. The van der Waals surface area contributed by atoms with Crippen molar-refractivity contribution in [3.8, 4) is 0 Å². The molecule has 3 rings (SSSR count). The van der Waals surface area contributed by atoms with E-state index in [0.29, 0.717) is 23.0 Å². The number of hydrogen-bond acceptors (Lipinski definition) is 6. The molecule has 0 aliphatic carbocycles. The SMILES string of the molecule is CCOC(=O)CO[C@@H](C(=O)O)[C@@H](OCCCCCc1ccc(Cl)c(Cl)c1)C(=O)NCCCCCc1ccc2ccccc2c1. The van der Waals surface area contributed by atoms with E-state index in [4.69, 9.17) is 37.4 Å². The van der Waals surface area contributed by atoms with Gasteiger partial charge in [-0.2, -0.15) is 0 Å². The summed E-state index contributed by atoms with van der Waals surface area (Å²) in [5, 5.41) is 16.0. The summed E-state index contributed by atoms with van der Waals surface area (Å²) in [5.41, 5.74) is 2.33. The van der Waals surface area contributed by atoms with Crippen molar-refractivity contribution in [3.05, 3.63) is 81.8 Å². The van der Waals surface area contributed by atoms with Crippen molar-refractivity contribution in [1.82, 2.24) is 5.32 Å². The highest BCUT2D eigenvalue weighted by Gasteiger charge is 2.36. The number of carboxylic acid groups (broad SMARTS) is 1. The lowest BCUT2D eigenvalue weighted by Crippen LogP contribution is -2.49. The summed E-state index contributed by atoms with van der Waals surface area (Å²) in [6.07, 6.45) is 3.44. The third-order valence-corrected chi connectivity index (χ3v) is 7.85. The quantitative estimate of drug-likeness (QED) is 0.103. The second-order valence-corrected chi connectivity index (χ2v) is 11.3. The number of aryl methyl sites for hydroxylation is 2. The first kappa shape index (κ1) is 35.3. The molecule has 8 nitrogen and oxygen atoms in total. The molecular weight excluding hydrogens is 605 g/mol. The highest BCUT2D eigenvalue weighted by atomic mass is 35.5. The van der Waals surface area contributed by atoms with Gasteiger partial charge in [0.05, 0.1) is 16.7 Å². The Morgan fingerprint density at radius 1 is 0.773 bits per heavy atom. The second-order valence-electron chi connectivity index (χ2n) is 10.5. The van der Waals surface area contributed by atoms with Crippen LogP contribution in [0.2, 0.25) is 10.0 Å². The lowest BCUT2D eigenvalue weighted by atomic mass is 10.0. The van der Waals surface area contributed by atoms with Gasteiger partial charge in [-0.15, -0.1) is 0 Å². The maximum atomic E-state index is 13.1. The summed E-state index contributed by atoms with van der Waals surface area (Å²) in [5.74, 6) is -2.71. The molecule has 0 radical (unpaired) electrons. The zero-order valence-corrected chi connectivity index (χ0v) is 26.6. The lowest BCUT2D eigenvalue weighted by Gasteiger charge is -2.23. The van der Waals surface area contributed by atoms with Crippen LogP contribution in [0.5, 0.6) is 0 Å². The summed E-state index contributed by atoms with van der Waals surface area (Å²) in [6.45, 7) is 1.68. The Morgan fingerprint density at radius 2 is 1.45 bits per heavy atom. The van der Waals surface area contributed by atoms with Gasteiger partial charge in [0.25, 0.3) is 5.91 Å². The molecule has 0 unspecified atom stereocenters. The van der Waals surface area contributed by atoms with Crippen LogP contribution in [0, 0.1) is 0 Å². The number of hydrogen-bond donors (Lipinski definition) is 2. The molecule has 0 aliphatic heterocycles. The molecule has 0 spiro atoms. The van der Waals surface area contributed by atoms with Gasteiger partial charge in [0.2, 0.25) is 0 Å². The normalized spacial score (nSPS) is 12.5. The fourth-order valence-electron chi connectivity index (χ4n) is 4.80. The molecular formula is C34H41Cl2NO7. The Hall–Kier alpha value is -3.17. The largest absolute Gasteiger partial charge is 0.479 e. The van der Waals surface area contributed by atoms with Gasteiger partial charge in [-0.3, -0.25) is 4.79 Å². The fraction of sp³-hybridized carbons (Fsp3) is 0.441. The van der Waals surface area contributed by atoms with Gasteiger partial charge < -0.3 is 24.6 Å². The average molecular weight is 647 g/mol. The molecule has 2 atom stereocenters. The fourth-order valence-corrected chi connectivity index (χ4v) is 5.12. The van der Waals surface area contributed by atoms with Gasteiger partial charge in [0, 0.05) is 13.2 Å². The molecule has 2 N–H and O–H groups in total. The topological polar surface area (TPSA) is 111 Å². The molecule has 0 heterocycles. The average Bonchev–Trinajstić information content (AvgIpc) is 3.01. The Bertz CT molecular complexity index is 1370. The summed E-state index contributed by atoms with van der Waals surface area (Å²) >= 11 is 12.1. The van der Waals surface area contributed by atoms with Crippen LogP contribution in [0.25, 0.3) is 10.8 Å². The first-order chi connectivity index (χ1) is 21.3. The minimum Gasteiger partial charge on any atom is -0.479 e. The molecule has 3 aromatic rings. The van der Waals surface area contributed by atoms with E-state index in [1.54, 1.807) is 13.0 Å². The summed E-state index contributed by atoms with van der Waals surface area (Å²) in [7, 11) is 0. The molecule has 10 heteroatoms. The van der Waals surface area contributed by atoms with Crippen molar-refractivity contribution in [3.63, 3.8) is 0 Å². The van der Waals surface area contributed by atoms with Crippen molar-refractivity contribution < 1.29 is 33.7 Å². The molecule has 0 saturated carbocycles. The number of unbranched alkanes of at least 4 members (excludes halogenated alkanes) is 4. The molecule has 0 saturated heterocycles. The molecule has 3 aromatic carbocycles. The Kier molecular flexibility index (Phi) is 15.5. The summed E-state index contributed by atoms with van der Waals surface area (Å²) < 4.78 is 15.9. The van der Waals surface area contributed by atoms with E-state index in [9.17, 15) is 19.5 Å². The highest BCUT2D eigenvalue weighted by molar-refractivity contribution is 6.42. The van der Waals surface area contributed by atoms with E-state index in [-0.39, 0.29) is 13.2 Å². The number of carbonyl (C=O) groups excluding carboxylic acids is 2. The number of amides is 1. The van der Waals surface area contributed by atoms with Gasteiger partial charge in [0.1, 0.15) is 6.61 Å². The van der Waals surface area contributed by atoms with E-state index in [1.807, 2.05) is 24.3 Å². The number of carboxylic acids is 1. The smallest absolute Gasteiger partial charge is 0.336 e. The van der Waals surface area contributed by atoms with Gasteiger partial charge in [-0.1, -0.05) is 84.6 Å². The number of aliphatic carboxylic acids is 1. The predicted octanol–water partition coefficient (Wildman–Crippen LogP) is 6.81. The highest BCUT2D eigenvalue weighted by Crippen LogP contribution is 2.23. The number of esters is 1. The molecule has 1 amide bonds. The van der Waals surface area contributed by atoms with E-state index in [1.165, 1.54) is 16.3 Å². The molecule has 0 aliphatic rings. The van der Waals surface area contributed by atoms with E-state index in [0.717, 1.165) is 50.5 Å². The van der Waals surface area contributed by atoms with Crippen LogP contribution in [-0.2, 0) is 41.4 Å².